The molecule has 3 nitrogen and oxygen atoms in total. The van der Waals surface area contributed by atoms with Crippen LogP contribution in [0.25, 0.3) is 65.2 Å². The van der Waals surface area contributed by atoms with Crippen molar-refractivity contribution in [3.05, 3.63) is 127 Å². The maximum absolute atomic E-state index is 6.50. The van der Waals surface area contributed by atoms with Crippen LogP contribution in [-0.2, 0) is 0 Å². The second-order valence-corrected chi connectivity index (χ2v) is 10.5. The lowest BCUT2D eigenvalue weighted by atomic mass is 9.96. The summed E-state index contributed by atoms with van der Waals surface area (Å²) in [4.78, 5) is 14.0. The lowest BCUT2D eigenvalue weighted by Crippen LogP contribution is -1.98. The van der Waals surface area contributed by atoms with Crippen LogP contribution in [0.2, 0.25) is 5.28 Å². The summed E-state index contributed by atoms with van der Waals surface area (Å²) in [5.74, 6) is 1.11. The topological polar surface area (TPSA) is 38.7 Å². The molecule has 0 amide bonds. The Bertz CT molecular complexity index is 1870. The molecule has 2 heterocycles. The Kier molecular flexibility index (Phi) is 5.69. The van der Waals surface area contributed by atoms with Crippen molar-refractivity contribution < 1.29 is 0 Å². The Labute approximate surface area is 229 Å². The number of hydrogen-bond donors (Lipinski definition) is 0. The Hall–Kier alpha value is -4.38. The number of thiophene rings is 1. The van der Waals surface area contributed by atoms with E-state index >= 15 is 0 Å². The van der Waals surface area contributed by atoms with Gasteiger partial charge in [-0.3, -0.25) is 0 Å². The number of nitrogens with zero attached hydrogens (tertiary/aromatic N) is 3. The number of hydrogen-bond acceptors (Lipinski definition) is 4. The minimum absolute atomic E-state index is 0.173. The highest BCUT2D eigenvalue weighted by molar-refractivity contribution is 7.25. The van der Waals surface area contributed by atoms with E-state index in [9.17, 15) is 0 Å². The molecule has 0 saturated heterocycles. The first-order valence-electron chi connectivity index (χ1n) is 12.3. The zero-order valence-corrected chi connectivity index (χ0v) is 21.7. The van der Waals surface area contributed by atoms with Gasteiger partial charge in [0.15, 0.2) is 11.6 Å². The lowest BCUT2D eigenvalue weighted by Gasteiger charge is -2.11. The first-order valence-corrected chi connectivity index (χ1v) is 13.5. The third kappa shape index (κ3) is 4.24. The van der Waals surface area contributed by atoms with E-state index in [0.29, 0.717) is 11.6 Å². The quantitative estimate of drug-likeness (QED) is 0.229. The van der Waals surface area contributed by atoms with Gasteiger partial charge in [-0.25, -0.2) is 4.98 Å². The second kappa shape index (κ2) is 9.49. The fraction of sp³-hybridized carbons (Fsp3) is 0. The van der Waals surface area contributed by atoms with Gasteiger partial charge in [0.2, 0.25) is 5.28 Å². The van der Waals surface area contributed by atoms with Crippen LogP contribution in [0.4, 0.5) is 0 Å². The molecule has 7 aromatic rings. The van der Waals surface area contributed by atoms with Gasteiger partial charge in [-0.1, -0.05) is 78.9 Å². The highest BCUT2D eigenvalue weighted by Gasteiger charge is 2.14. The number of halogens is 1. The first kappa shape index (κ1) is 22.8. The van der Waals surface area contributed by atoms with Crippen LogP contribution in [0.15, 0.2) is 121 Å². The first-order chi connectivity index (χ1) is 18.7. The highest BCUT2D eigenvalue weighted by Crippen LogP contribution is 2.37. The molecule has 0 atom stereocenters. The van der Waals surface area contributed by atoms with Crippen LogP contribution >= 0.6 is 22.9 Å². The Balaban J connectivity index is 1.39. The van der Waals surface area contributed by atoms with Gasteiger partial charge in [0.25, 0.3) is 0 Å². The van der Waals surface area contributed by atoms with Gasteiger partial charge in [0, 0.05) is 31.3 Å². The third-order valence-electron chi connectivity index (χ3n) is 6.65. The van der Waals surface area contributed by atoms with Gasteiger partial charge in [0.1, 0.15) is 0 Å². The molecular weight excluding hydrogens is 506 g/mol. The molecular formula is C33H20ClN3S. The average molecular weight is 526 g/mol. The van der Waals surface area contributed by atoms with Gasteiger partial charge in [-0.2, -0.15) is 9.97 Å². The number of benzene rings is 5. The van der Waals surface area contributed by atoms with E-state index in [1.165, 1.54) is 20.2 Å². The predicted molar refractivity (Wildman–Crippen MR) is 159 cm³/mol. The summed E-state index contributed by atoms with van der Waals surface area (Å²) in [6.45, 7) is 0. The summed E-state index contributed by atoms with van der Waals surface area (Å²) in [5.41, 5.74) is 6.23. The highest BCUT2D eigenvalue weighted by atomic mass is 35.5. The molecule has 0 bridgehead atoms. The number of aromatic nitrogens is 3. The molecule has 2 aromatic heterocycles. The average Bonchev–Trinajstić information content (AvgIpc) is 3.35. The largest absolute Gasteiger partial charge is 0.226 e. The standard InChI is InChI=1S/C33H20ClN3S/c34-33-36-31(23-15-16-30-28(20-23)27-13-7-8-14-29(27)38-30)35-32(37-33)26-18-24(21-9-3-1-4-10-21)17-25(19-26)22-11-5-2-6-12-22/h1-20H. The minimum atomic E-state index is 0.173. The molecule has 0 spiro atoms. The van der Waals surface area contributed by atoms with Gasteiger partial charge >= 0.3 is 0 Å². The van der Waals surface area contributed by atoms with E-state index in [1.807, 2.05) is 36.4 Å². The van der Waals surface area contributed by atoms with Crippen molar-refractivity contribution in [1.29, 1.82) is 0 Å². The van der Waals surface area contributed by atoms with Crippen LogP contribution in [-0.4, -0.2) is 15.0 Å². The van der Waals surface area contributed by atoms with Crippen molar-refractivity contribution in [3.63, 3.8) is 0 Å². The molecule has 7 rings (SSSR count). The summed E-state index contributed by atoms with van der Waals surface area (Å²) in [6.07, 6.45) is 0. The van der Waals surface area contributed by atoms with E-state index in [-0.39, 0.29) is 5.28 Å². The smallest absolute Gasteiger partial charge is 0.208 e. The molecule has 0 saturated carbocycles. The summed E-state index contributed by atoms with van der Waals surface area (Å²) in [7, 11) is 0. The van der Waals surface area contributed by atoms with Gasteiger partial charge in [-0.05, 0) is 76.3 Å². The van der Waals surface area contributed by atoms with Crippen LogP contribution in [0, 0.1) is 0 Å². The maximum Gasteiger partial charge on any atom is 0.226 e. The third-order valence-corrected chi connectivity index (χ3v) is 7.97. The van der Waals surface area contributed by atoms with E-state index in [0.717, 1.165) is 33.4 Å². The number of rotatable bonds is 4. The molecule has 0 unspecified atom stereocenters. The van der Waals surface area contributed by atoms with Crippen LogP contribution in [0.3, 0.4) is 0 Å². The number of fused-ring (bicyclic) bond motifs is 3. The van der Waals surface area contributed by atoms with E-state index < -0.39 is 0 Å². The van der Waals surface area contributed by atoms with E-state index in [2.05, 4.69) is 94.9 Å². The van der Waals surface area contributed by atoms with Crippen molar-refractivity contribution in [1.82, 2.24) is 15.0 Å². The van der Waals surface area contributed by atoms with Gasteiger partial charge in [-0.15, -0.1) is 11.3 Å². The fourth-order valence-corrected chi connectivity index (χ4v) is 6.07. The minimum Gasteiger partial charge on any atom is -0.208 e. The van der Waals surface area contributed by atoms with E-state index in [1.54, 1.807) is 11.3 Å². The zero-order valence-electron chi connectivity index (χ0n) is 20.2. The maximum atomic E-state index is 6.50. The molecule has 0 fully saturated rings. The predicted octanol–water partition coefficient (Wildman–Crippen LogP) is 9.56. The summed E-state index contributed by atoms with van der Waals surface area (Å²) >= 11 is 8.28. The van der Waals surface area contributed by atoms with Crippen molar-refractivity contribution in [3.8, 4) is 45.0 Å². The van der Waals surface area contributed by atoms with Gasteiger partial charge in [0.05, 0.1) is 0 Å². The molecule has 5 aromatic carbocycles. The molecule has 0 aliphatic carbocycles. The SMILES string of the molecule is Clc1nc(-c2cc(-c3ccccc3)cc(-c3ccccc3)c2)nc(-c2ccc3sc4ccccc4c3c2)n1. The van der Waals surface area contributed by atoms with Crippen molar-refractivity contribution in [2.75, 3.05) is 0 Å². The van der Waals surface area contributed by atoms with Crippen molar-refractivity contribution >= 4 is 43.1 Å². The summed E-state index contributed by atoms with van der Waals surface area (Å²) in [6, 6.07) is 41.9. The van der Waals surface area contributed by atoms with Crippen LogP contribution < -0.4 is 0 Å². The Morgan fingerprint density at radius 3 is 1.66 bits per heavy atom. The Morgan fingerprint density at radius 1 is 0.421 bits per heavy atom. The molecule has 180 valence electrons. The second-order valence-electron chi connectivity index (χ2n) is 9.09. The molecule has 38 heavy (non-hydrogen) atoms. The van der Waals surface area contributed by atoms with Crippen molar-refractivity contribution in [2.45, 2.75) is 0 Å². The van der Waals surface area contributed by atoms with Crippen molar-refractivity contribution in [2.24, 2.45) is 0 Å². The van der Waals surface area contributed by atoms with Gasteiger partial charge < -0.3 is 0 Å². The Morgan fingerprint density at radius 2 is 0.974 bits per heavy atom. The monoisotopic (exact) mass is 525 g/mol. The molecule has 0 aliphatic rings. The molecule has 5 heteroatoms. The normalized spacial score (nSPS) is 11.3. The molecule has 0 aliphatic heterocycles. The van der Waals surface area contributed by atoms with E-state index in [4.69, 9.17) is 16.6 Å². The molecule has 0 N–H and O–H groups in total. The summed E-state index contributed by atoms with van der Waals surface area (Å²) < 4.78 is 2.50. The zero-order chi connectivity index (χ0) is 25.5. The summed E-state index contributed by atoms with van der Waals surface area (Å²) in [5, 5.41) is 2.60. The lowest BCUT2D eigenvalue weighted by molar-refractivity contribution is 1.07. The van der Waals surface area contributed by atoms with Crippen LogP contribution in [0.1, 0.15) is 0 Å². The molecule has 0 radical (unpaired) electrons. The van der Waals surface area contributed by atoms with Crippen LogP contribution in [0.5, 0.6) is 0 Å². The fourth-order valence-electron chi connectivity index (χ4n) is 4.82.